The van der Waals surface area contributed by atoms with Crippen LogP contribution in [0.1, 0.15) is 50.4 Å². The molecule has 0 radical (unpaired) electrons. The van der Waals surface area contributed by atoms with Crippen LogP contribution in [0.4, 0.5) is 4.39 Å². The zero-order chi connectivity index (χ0) is 22.2. The molecule has 9 nitrogen and oxygen atoms in total. The van der Waals surface area contributed by atoms with Crippen LogP contribution in [0, 0.1) is 5.82 Å². The van der Waals surface area contributed by atoms with E-state index in [2.05, 4.69) is 9.97 Å². The SMILES string of the molecule is CCC(c1ccc(C(N)=O)c(F)c1C(=O)c1c[nH]c2ncc(OC)cc12)S(=O)(=O)O. The minimum atomic E-state index is -4.67. The van der Waals surface area contributed by atoms with E-state index >= 15 is 4.39 Å². The Hall–Kier alpha value is -3.31. The van der Waals surface area contributed by atoms with Crippen molar-refractivity contribution >= 4 is 32.8 Å². The predicted molar refractivity (Wildman–Crippen MR) is 106 cm³/mol. The van der Waals surface area contributed by atoms with Gasteiger partial charge in [0.2, 0.25) is 0 Å². The molecule has 0 spiro atoms. The highest BCUT2D eigenvalue weighted by atomic mass is 32.2. The number of H-pyrrole nitrogens is 1. The number of ether oxygens (including phenoxy) is 1. The maximum atomic E-state index is 15.2. The summed E-state index contributed by atoms with van der Waals surface area (Å²) < 4.78 is 53.6. The van der Waals surface area contributed by atoms with Crippen LogP contribution in [-0.4, -0.2) is 41.7 Å². The number of benzene rings is 1. The molecular weight excluding hydrogens is 417 g/mol. The number of nitrogens with two attached hydrogens (primary N) is 1. The third-order valence-electron chi connectivity index (χ3n) is 4.73. The van der Waals surface area contributed by atoms with E-state index in [1.54, 1.807) is 0 Å². The normalized spacial score (nSPS) is 12.7. The van der Waals surface area contributed by atoms with Crippen molar-refractivity contribution < 1.29 is 31.7 Å². The van der Waals surface area contributed by atoms with Gasteiger partial charge in [-0.25, -0.2) is 9.37 Å². The van der Waals surface area contributed by atoms with Gasteiger partial charge in [0.25, 0.3) is 16.0 Å². The lowest BCUT2D eigenvalue weighted by molar-refractivity contribution is 0.0996. The fourth-order valence-electron chi connectivity index (χ4n) is 3.29. The van der Waals surface area contributed by atoms with Crippen molar-refractivity contribution in [1.29, 1.82) is 0 Å². The number of aromatic amines is 1. The Morgan fingerprint density at radius 3 is 2.60 bits per heavy atom. The number of aromatic nitrogens is 2. The van der Waals surface area contributed by atoms with Crippen molar-refractivity contribution in [2.45, 2.75) is 18.6 Å². The van der Waals surface area contributed by atoms with Crippen molar-refractivity contribution in [2.75, 3.05) is 7.11 Å². The number of hydrogen-bond acceptors (Lipinski definition) is 6. The summed E-state index contributed by atoms with van der Waals surface area (Å²) in [6, 6.07) is 3.59. The lowest BCUT2D eigenvalue weighted by Crippen LogP contribution is -2.21. The average Bonchev–Trinajstić information content (AvgIpc) is 3.10. The molecule has 3 rings (SSSR count). The van der Waals surface area contributed by atoms with Crippen molar-refractivity contribution in [1.82, 2.24) is 9.97 Å². The number of pyridine rings is 1. The number of carbonyl (C=O) groups is 2. The van der Waals surface area contributed by atoms with Gasteiger partial charge in [-0.15, -0.1) is 0 Å². The third-order valence-corrected chi connectivity index (χ3v) is 6.04. The van der Waals surface area contributed by atoms with Gasteiger partial charge < -0.3 is 15.5 Å². The number of hydrogen-bond donors (Lipinski definition) is 3. The molecule has 0 aliphatic heterocycles. The van der Waals surface area contributed by atoms with Gasteiger partial charge in [-0.2, -0.15) is 8.42 Å². The molecular formula is C19H18FN3O6S. The van der Waals surface area contributed by atoms with Crippen molar-refractivity contribution in [3.8, 4) is 5.75 Å². The summed E-state index contributed by atoms with van der Waals surface area (Å²) in [6.07, 6.45) is 2.56. The highest BCUT2D eigenvalue weighted by Crippen LogP contribution is 2.33. The van der Waals surface area contributed by atoms with Crippen molar-refractivity contribution in [3.05, 3.63) is 58.7 Å². The van der Waals surface area contributed by atoms with Crippen LogP contribution in [0.15, 0.2) is 30.6 Å². The topological polar surface area (TPSA) is 152 Å². The van der Waals surface area contributed by atoms with Crippen molar-refractivity contribution in [2.24, 2.45) is 5.73 Å². The third kappa shape index (κ3) is 3.64. The van der Waals surface area contributed by atoms with E-state index in [1.165, 1.54) is 32.5 Å². The van der Waals surface area contributed by atoms with Crippen LogP contribution in [0.5, 0.6) is 5.75 Å². The largest absolute Gasteiger partial charge is 0.495 e. The first kappa shape index (κ1) is 21.4. The number of halogens is 1. The van der Waals surface area contributed by atoms with Gasteiger partial charge in [0.15, 0.2) is 5.78 Å². The molecule has 2 aromatic heterocycles. The molecule has 3 aromatic rings. The summed E-state index contributed by atoms with van der Waals surface area (Å²) in [5.41, 5.74) is 3.95. The Morgan fingerprint density at radius 2 is 2.03 bits per heavy atom. The number of primary amides is 1. The molecule has 1 atom stereocenters. The van der Waals surface area contributed by atoms with E-state index in [9.17, 15) is 22.6 Å². The Balaban J connectivity index is 2.32. The lowest BCUT2D eigenvalue weighted by Gasteiger charge is -2.17. The number of carbonyl (C=O) groups excluding carboxylic acids is 2. The quantitative estimate of drug-likeness (QED) is 0.380. The van der Waals surface area contributed by atoms with Gasteiger partial charge in [0, 0.05) is 17.1 Å². The summed E-state index contributed by atoms with van der Waals surface area (Å²) in [4.78, 5) is 31.8. The van der Waals surface area contributed by atoms with E-state index < -0.39 is 44.0 Å². The Bertz CT molecular complexity index is 1270. The molecule has 1 amide bonds. The number of ketones is 1. The zero-order valence-electron chi connectivity index (χ0n) is 16.0. The second-order valence-corrected chi connectivity index (χ2v) is 8.07. The summed E-state index contributed by atoms with van der Waals surface area (Å²) in [5.74, 6) is -2.96. The number of fused-ring (bicyclic) bond motifs is 1. The van der Waals surface area contributed by atoms with E-state index in [0.717, 1.165) is 12.1 Å². The second-order valence-electron chi connectivity index (χ2n) is 6.47. The number of nitrogens with zero attached hydrogens (tertiary/aromatic N) is 1. The van der Waals surface area contributed by atoms with E-state index in [1.807, 2.05) is 0 Å². The van der Waals surface area contributed by atoms with E-state index in [4.69, 9.17) is 10.5 Å². The van der Waals surface area contributed by atoms with Crippen LogP contribution in [-0.2, 0) is 10.1 Å². The monoisotopic (exact) mass is 435 g/mol. The van der Waals surface area contributed by atoms with Gasteiger partial charge in [-0.05, 0) is 24.1 Å². The van der Waals surface area contributed by atoms with Gasteiger partial charge in [0.1, 0.15) is 22.5 Å². The summed E-state index contributed by atoms with van der Waals surface area (Å²) in [5, 5.41) is -1.28. The molecule has 11 heteroatoms. The molecule has 1 unspecified atom stereocenters. The molecule has 1 aromatic carbocycles. The number of methoxy groups -OCH3 is 1. The molecule has 158 valence electrons. The van der Waals surface area contributed by atoms with Crippen LogP contribution >= 0.6 is 0 Å². The van der Waals surface area contributed by atoms with Crippen LogP contribution in [0.3, 0.4) is 0 Å². The number of nitrogens with one attached hydrogen (secondary N) is 1. The molecule has 0 bridgehead atoms. The maximum Gasteiger partial charge on any atom is 0.272 e. The average molecular weight is 435 g/mol. The second kappa shape index (κ2) is 7.84. The summed E-state index contributed by atoms with van der Waals surface area (Å²) >= 11 is 0. The molecule has 4 N–H and O–H groups in total. The number of rotatable bonds is 7. The standard InChI is InChI=1S/C19H18FN3O6S/c1-3-14(30(26,27)28)10-4-5-11(18(21)25)16(20)15(10)17(24)13-8-23-19-12(13)6-9(29-2)7-22-19/h4-8,14H,3H2,1-2H3,(H2,21,25)(H,22,23)(H,26,27,28). The van der Waals surface area contributed by atoms with Crippen LogP contribution in [0.2, 0.25) is 0 Å². The first-order valence-corrected chi connectivity index (χ1v) is 10.2. The Kier molecular flexibility index (Phi) is 5.59. The molecule has 0 aliphatic carbocycles. The van der Waals surface area contributed by atoms with Crippen LogP contribution in [0.25, 0.3) is 11.0 Å². The van der Waals surface area contributed by atoms with Crippen LogP contribution < -0.4 is 10.5 Å². The zero-order valence-corrected chi connectivity index (χ0v) is 16.8. The molecule has 30 heavy (non-hydrogen) atoms. The minimum Gasteiger partial charge on any atom is -0.495 e. The van der Waals surface area contributed by atoms with E-state index in [0.29, 0.717) is 16.8 Å². The first-order chi connectivity index (χ1) is 14.1. The molecule has 0 saturated carbocycles. The van der Waals surface area contributed by atoms with Gasteiger partial charge in [-0.1, -0.05) is 13.0 Å². The van der Waals surface area contributed by atoms with Gasteiger partial charge >= 0.3 is 0 Å². The lowest BCUT2D eigenvalue weighted by atomic mass is 9.92. The minimum absolute atomic E-state index is 0.0247. The highest BCUT2D eigenvalue weighted by Gasteiger charge is 2.33. The predicted octanol–water partition coefficient (Wildman–Crippen LogP) is 2.38. The molecule has 0 saturated heterocycles. The summed E-state index contributed by atoms with van der Waals surface area (Å²) in [7, 11) is -3.27. The molecule has 0 fully saturated rings. The summed E-state index contributed by atoms with van der Waals surface area (Å²) in [6.45, 7) is 1.45. The highest BCUT2D eigenvalue weighted by molar-refractivity contribution is 7.86. The molecule has 0 aliphatic rings. The number of amides is 1. The first-order valence-electron chi connectivity index (χ1n) is 8.74. The van der Waals surface area contributed by atoms with Gasteiger partial charge in [0.05, 0.1) is 24.4 Å². The Morgan fingerprint density at radius 1 is 1.33 bits per heavy atom. The van der Waals surface area contributed by atoms with Crippen molar-refractivity contribution in [3.63, 3.8) is 0 Å². The fraction of sp³-hybridized carbons (Fsp3) is 0.211. The molecule has 2 heterocycles. The Labute approximate surface area is 170 Å². The fourth-order valence-corrected chi connectivity index (χ4v) is 4.23. The van der Waals surface area contributed by atoms with Gasteiger partial charge in [-0.3, -0.25) is 14.1 Å². The smallest absolute Gasteiger partial charge is 0.272 e. The van der Waals surface area contributed by atoms with E-state index in [-0.39, 0.29) is 17.5 Å². The maximum absolute atomic E-state index is 15.2.